The minimum Gasteiger partial charge on any atom is -0.456 e. The quantitative estimate of drug-likeness (QED) is 0.178. The number of nitrogens with zero attached hydrogens (tertiary/aromatic N) is 4. The van der Waals surface area contributed by atoms with E-state index in [2.05, 4.69) is 131 Å². The fraction of sp³-hybridized carbons (Fsp3) is 0.300. The Labute approximate surface area is 381 Å². The predicted molar refractivity (Wildman–Crippen MR) is 267 cm³/mol. The van der Waals surface area contributed by atoms with E-state index in [1.54, 1.807) is 11.1 Å². The lowest BCUT2D eigenvalue weighted by molar-refractivity contribution is 0.594. The summed E-state index contributed by atoms with van der Waals surface area (Å²) in [6.45, 7) is 0. The van der Waals surface area contributed by atoms with Crippen LogP contribution < -0.4 is 0 Å². The number of fused-ring (bicyclic) bond motifs is 10. The summed E-state index contributed by atoms with van der Waals surface area (Å²) in [6.07, 6.45) is 48.4. The predicted octanol–water partition coefficient (Wildman–Crippen LogP) is 14.3. The van der Waals surface area contributed by atoms with Gasteiger partial charge in [-0.05, 0) is 184 Å². The maximum atomic E-state index is 6.67. The van der Waals surface area contributed by atoms with Gasteiger partial charge >= 0.3 is 0 Å². The number of rotatable bonds is 4. The monoisotopic (exact) mass is 846 g/mol. The number of benzene rings is 2. The Bertz CT molecular complexity index is 3320. The molecule has 0 N–H and O–H groups in total. The highest BCUT2D eigenvalue weighted by Gasteiger charge is 2.35. The molecule has 0 radical (unpaired) electrons. The van der Waals surface area contributed by atoms with Gasteiger partial charge in [0, 0.05) is 56.0 Å². The molecule has 1 aliphatic heterocycles. The zero-order valence-electron chi connectivity index (χ0n) is 37.2. The normalized spacial score (nSPS) is 23.0. The van der Waals surface area contributed by atoms with Crippen LogP contribution in [0.3, 0.4) is 0 Å². The molecule has 4 heterocycles. The molecule has 320 valence electrons. The molecule has 5 aromatic rings. The van der Waals surface area contributed by atoms with Crippen molar-refractivity contribution in [1.29, 1.82) is 0 Å². The van der Waals surface area contributed by atoms with Gasteiger partial charge in [0.15, 0.2) is 0 Å². The molecule has 14 rings (SSSR count). The Morgan fingerprint density at radius 1 is 0.646 bits per heavy atom. The van der Waals surface area contributed by atoms with E-state index in [0.29, 0.717) is 6.04 Å². The Morgan fingerprint density at radius 3 is 2.45 bits per heavy atom. The first-order chi connectivity index (χ1) is 32.2. The van der Waals surface area contributed by atoms with Crippen LogP contribution in [0.25, 0.3) is 40.1 Å². The third kappa shape index (κ3) is 5.96. The van der Waals surface area contributed by atoms with Crippen LogP contribution in [0.5, 0.6) is 0 Å². The van der Waals surface area contributed by atoms with Crippen molar-refractivity contribution in [2.45, 2.75) is 109 Å². The molecule has 0 spiro atoms. The smallest absolute Gasteiger partial charge is 0.234 e. The summed E-state index contributed by atoms with van der Waals surface area (Å²) in [5, 5.41) is 2.61. The number of hydrogen-bond acceptors (Lipinski definition) is 3. The second-order valence-electron chi connectivity index (χ2n) is 19.6. The first kappa shape index (κ1) is 37.9. The van der Waals surface area contributed by atoms with Gasteiger partial charge in [-0.3, -0.25) is 4.57 Å². The molecule has 3 aromatic heterocycles. The summed E-state index contributed by atoms with van der Waals surface area (Å²) < 4.78 is 11.9. The van der Waals surface area contributed by atoms with Crippen molar-refractivity contribution >= 4 is 51.8 Å². The number of aryl methyl sites for hydroxylation is 1. The van der Waals surface area contributed by atoms with E-state index in [0.717, 1.165) is 111 Å². The second-order valence-corrected chi connectivity index (χ2v) is 19.6. The Kier molecular flexibility index (Phi) is 8.77. The summed E-state index contributed by atoms with van der Waals surface area (Å²) in [5.74, 6) is 1.94. The number of para-hydroxylation sites is 2. The van der Waals surface area contributed by atoms with Crippen LogP contribution in [0.1, 0.15) is 127 Å². The lowest BCUT2D eigenvalue weighted by atomic mass is 9.80. The van der Waals surface area contributed by atoms with Gasteiger partial charge < -0.3 is 8.98 Å². The van der Waals surface area contributed by atoms with E-state index >= 15 is 0 Å². The molecule has 2 aromatic carbocycles. The van der Waals surface area contributed by atoms with Crippen molar-refractivity contribution < 1.29 is 4.42 Å². The van der Waals surface area contributed by atoms with Crippen LogP contribution in [0, 0.1) is 5.92 Å². The molecule has 0 saturated heterocycles. The second kappa shape index (κ2) is 15.1. The molecule has 0 fully saturated rings. The van der Waals surface area contributed by atoms with Gasteiger partial charge in [0.2, 0.25) is 5.96 Å². The molecule has 2 unspecified atom stereocenters. The number of furan rings is 1. The maximum absolute atomic E-state index is 6.67. The fourth-order valence-electron chi connectivity index (χ4n) is 13.1. The summed E-state index contributed by atoms with van der Waals surface area (Å²) in [6, 6.07) is 16.2. The van der Waals surface area contributed by atoms with Gasteiger partial charge in [-0.25, -0.2) is 9.98 Å². The first-order valence-corrected chi connectivity index (χ1v) is 24.8. The van der Waals surface area contributed by atoms with E-state index in [-0.39, 0.29) is 5.92 Å². The van der Waals surface area contributed by atoms with Crippen molar-refractivity contribution in [3.8, 4) is 0 Å². The standard InChI is InChI=1S/C60H54N4O/c1-2-15-42-37(13-1)14-11-20-43(42)38-27-31-41(32-28-38)63-53-24-8-4-16-44(53)50-35-39(29-33-55(50)63)40-30-34-56-51(36-40)45-17-5-9-25-54(45)64(56)60-61-52-23-7-3-19-48(52)58(62-60)49-22-12-21-47-46-18-6-10-26-57(46)65-59(47)49/h1,3-4,7-8,10,12-13,16,20-24,26-28,31,35-36,41,48H,2,5-6,9,11,14-15,17-19,25,29-30,32-34H2. The number of hydrogen-bond donors (Lipinski definition) is 0. The van der Waals surface area contributed by atoms with Gasteiger partial charge in [0.05, 0.1) is 17.5 Å². The Balaban J connectivity index is 0.826. The largest absolute Gasteiger partial charge is 0.456 e. The van der Waals surface area contributed by atoms with Crippen molar-refractivity contribution in [2.75, 3.05) is 0 Å². The van der Waals surface area contributed by atoms with Gasteiger partial charge in [0.25, 0.3) is 0 Å². The SMILES string of the molecule is C1=CCC2C(=C1)N=C(n1c3c(c4c1CCCC4)C=C(C1=Cc4c(n(C5C=CC(C6=CCCC7=C6CCC=C7)=CC5)c5ccccc45)CC1)CC3)N=C2c1cccc2c3c(oc12)C=CCC3. The first-order valence-electron chi connectivity index (χ1n) is 24.8. The average molecular weight is 847 g/mol. The van der Waals surface area contributed by atoms with Gasteiger partial charge in [-0.15, -0.1) is 0 Å². The lowest BCUT2D eigenvalue weighted by Crippen LogP contribution is -2.29. The molecule has 2 atom stereocenters. The van der Waals surface area contributed by atoms with Crippen LogP contribution in [0.4, 0.5) is 0 Å². The molecule has 8 aliphatic carbocycles. The number of allylic oxidation sites excluding steroid dienone is 17. The zero-order valence-corrected chi connectivity index (χ0v) is 37.2. The number of aliphatic imine (C=N–C) groups is 2. The highest BCUT2D eigenvalue weighted by Crippen LogP contribution is 2.46. The molecule has 9 aliphatic rings. The van der Waals surface area contributed by atoms with Crippen LogP contribution in [0.2, 0.25) is 0 Å². The van der Waals surface area contributed by atoms with Crippen molar-refractivity contribution in [1.82, 2.24) is 9.13 Å². The molecular weight excluding hydrogens is 793 g/mol. The summed E-state index contributed by atoms with van der Waals surface area (Å²) in [7, 11) is 0. The van der Waals surface area contributed by atoms with Gasteiger partial charge in [0.1, 0.15) is 11.3 Å². The third-order valence-corrected chi connectivity index (χ3v) is 16.1. The van der Waals surface area contributed by atoms with Crippen molar-refractivity contribution in [2.24, 2.45) is 15.9 Å². The third-order valence-electron chi connectivity index (χ3n) is 16.1. The molecule has 65 heavy (non-hydrogen) atoms. The minimum atomic E-state index is 0.109. The Hall–Kier alpha value is -6.46. The van der Waals surface area contributed by atoms with Crippen LogP contribution in [0.15, 0.2) is 157 Å². The van der Waals surface area contributed by atoms with Crippen molar-refractivity contribution in [3.63, 3.8) is 0 Å². The van der Waals surface area contributed by atoms with E-state index in [1.165, 1.54) is 104 Å². The lowest BCUT2D eigenvalue weighted by Gasteiger charge is -2.28. The van der Waals surface area contributed by atoms with Crippen LogP contribution in [-0.4, -0.2) is 20.8 Å². The van der Waals surface area contributed by atoms with E-state index < -0.39 is 0 Å². The number of aromatic nitrogens is 2. The van der Waals surface area contributed by atoms with E-state index in [1.807, 2.05) is 0 Å². The highest BCUT2D eigenvalue weighted by atomic mass is 16.3. The minimum absolute atomic E-state index is 0.109. The molecule has 5 heteroatoms. The van der Waals surface area contributed by atoms with Crippen molar-refractivity contribution in [3.05, 3.63) is 193 Å². The van der Waals surface area contributed by atoms with Crippen LogP contribution in [-0.2, 0) is 32.1 Å². The summed E-state index contributed by atoms with van der Waals surface area (Å²) >= 11 is 0. The van der Waals surface area contributed by atoms with Gasteiger partial charge in [-0.2, -0.15) is 0 Å². The fourth-order valence-corrected chi connectivity index (χ4v) is 13.1. The topological polar surface area (TPSA) is 47.7 Å². The highest BCUT2D eigenvalue weighted by molar-refractivity contribution is 6.17. The molecule has 0 saturated carbocycles. The summed E-state index contributed by atoms with van der Waals surface area (Å²) in [5.41, 5.74) is 24.8. The van der Waals surface area contributed by atoms with E-state index in [4.69, 9.17) is 14.4 Å². The maximum Gasteiger partial charge on any atom is 0.234 e. The Morgan fingerprint density at radius 2 is 1.51 bits per heavy atom. The zero-order chi connectivity index (χ0) is 42.6. The average Bonchev–Trinajstić information content (AvgIpc) is 4.03. The van der Waals surface area contributed by atoms with E-state index in [9.17, 15) is 0 Å². The summed E-state index contributed by atoms with van der Waals surface area (Å²) in [4.78, 5) is 11.1. The molecule has 5 nitrogen and oxygen atoms in total. The van der Waals surface area contributed by atoms with Crippen LogP contribution >= 0.6 is 0 Å². The van der Waals surface area contributed by atoms with Gasteiger partial charge in [-0.1, -0.05) is 85.0 Å². The molecular formula is C60H54N4O. The molecule has 0 amide bonds. The molecule has 0 bridgehead atoms.